The molecule has 1 saturated carbocycles. The van der Waals surface area contributed by atoms with Crippen molar-refractivity contribution in [1.29, 1.82) is 0 Å². The van der Waals surface area contributed by atoms with E-state index in [2.05, 4.69) is 17.0 Å². The first kappa shape index (κ1) is 15.5. The van der Waals surface area contributed by atoms with Crippen LogP contribution < -0.4 is 10.0 Å². The van der Waals surface area contributed by atoms with Gasteiger partial charge < -0.3 is 9.88 Å². The Morgan fingerprint density at radius 2 is 2.05 bits per heavy atom. The van der Waals surface area contributed by atoms with E-state index < -0.39 is 10.0 Å². The molecule has 1 aromatic heterocycles. The van der Waals surface area contributed by atoms with Crippen LogP contribution in [0, 0.1) is 5.41 Å². The number of hydrogen-bond acceptors (Lipinski definition) is 3. The molecule has 0 amide bonds. The van der Waals surface area contributed by atoms with Crippen LogP contribution in [0.25, 0.3) is 0 Å². The minimum absolute atomic E-state index is 0.168. The van der Waals surface area contributed by atoms with Crippen LogP contribution in [0.4, 0.5) is 0 Å². The molecule has 0 unspecified atom stereocenters. The molecule has 0 atom stereocenters. The summed E-state index contributed by atoms with van der Waals surface area (Å²) in [6, 6.07) is 2.00. The van der Waals surface area contributed by atoms with Gasteiger partial charge in [-0.25, -0.2) is 13.1 Å². The van der Waals surface area contributed by atoms with E-state index in [0.717, 1.165) is 18.5 Å². The lowest BCUT2D eigenvalue weighted by atomic mass is 10.2. The van der Waals surface area contributed by atoms with E-state index in [9.17, 15) is 8.42 Å². The van der Waals surface area contributed by atoms with Crippen molar-refractivity contribution in [2.24, 2.45) is 5.41 Å². The third-order valence-corrected chi connectivity index (χ3v) is 5.29. The molecule has 2 rings (SSSR count). The summed E-state index contributed by atoms with van der Waals surface area (Å²) < 4.78 is 29.5. The summed E-state index contributed by atoms with van der Waals surface area (Å²) in [5.74, 6) is 0. The first-order valence-corrected chi connectivity index (χ1v) is 8.61. The zero-order valence-corrected chi connectivity index (χ0v) is 13.5. The second-order valence-electron chi connectivity index (χ2n) is 6.33. The van der Waals surface area contributed by atoms with Gasteiger partial charge in [0.15, 0.2) is 0 Å². The number of nitrogens with one attached hydrogen (secondary N) is 2. The molecule has 20 heavy (non-hydrogen) atoms. The standard InChI is InChI=1S/C14H25N3O2S/c1-11(2)17-9-13(7-12(17)8-15-4)20(18,19)16-10-14(3)5-6-14/h7,9,11,15-16H,5-6,8,10H2,1-4H3. The highest BCUT2D eigenvalue weighted by Crippen LogP contribution is 2.44. The fourth-order valence-corrected chi connectivity index (χ4v) is 3.44. The Balaban J connectivity index is 2.20. The lowest BCUT2D eigenvalue weighted by molar-refractivity contribution is 0.529. The Kier molecular flexibility index (Phi) is 4.27. The summed E-state index contributed by atoms with van der Waals surface area (Å²) in [7, 11) is -1.55. The first-order chi connectivity index (χ1) is 9.27. The molecule has 1 heterocycles. The number of aromatic nitrogens is 1. The summed E-state index contributed by atoms with van der Waals surface area (Å²) in [6.07, 6.45) is 3.94. The van der Waals surface area contributed by atoms with Crippen LogP contribution in [0.5, 0.6) is 0 Å². The molecule has 0 aromatic carbocycles. The van der Waals surface area contributed by atoms with Gasteiger partial charge in [-0.1, -0.05) is 6.92 Å². The molecule has 1 fully saturated rings. The topological polar surface area (TPSA) is 63.1 Å². The molecule has 0 radical (unpaired) electrons. The van der Waals surface area contributed by atoms with Crippen molar-refractivity contribution in [3.05, 3.63) is 18.0 Å². The van der Waals surface area contributed by atoms with E-state index in [4.69, 9.17) is 0 Å². The second-order valence-corrected chi connectivity index (χ2v) is 8.10. The Morgan fingerprint density at radius 3 is 2.55 bits per heavy atom. The van der Waals surface area contributed by atoms with Crippen LogP contribution in [0.3, 0.4) is 0 Å². The largest absolute Gasteiger partial charge is 0.346 e. The highest BCUT2D eigenvalue weighted by atomic mass is 32.2. The number of nitrogens with zero attached hydrogens (tertiary/aromatic N) is 1. The maximum Gasteiger partial charge on any atom is 0.242 e. The van der Waals surface area contributed by atoms with Crippen LogP contribution >= 0.6 is 0 Å². The maximum absolute atomic E-state index is 12.4. The normalized spacial score (nSPS) is 17.6. The molecule has 114 valence electrons. The Bertz CT molecular complexity index is 571. The molecule has 0 saturated heterocycles. The molecule has 1 aliphatic rings. The zero-order valence-electron chi connectivity index (χ0n) is 12.7. The molecule has 0 bridgehead atoms. The van der Waals surface area contributed by atoms with E-state index in [-0.39, 0.29) is 11.5 Å². The van der Waals surface area contributed by atoms with Gasteiger partial charge in [0.2, 0.25) is 10.0 Å². The van der Waals surface area contributed by atoms with Crippen molar-refractivity contribution < 1.29 is 8.42 Å². The highest BCUT2D eigenvalue weighted by Gasteiger charge is 2.38. The SMILES string of the molecule is CNCc1cc(S(=O)(=O)NCC2(C)CC2)cn1C(C)C. The van der Waals surface area contributed by atoms with Crippen LogP contribution in [0.2, 0.25) is 0 Å². The second kappa shape index (κ2) is 5.50. The van der Waals surface area contributed by atoms with Gasteiger partial charge in [0.25, 0.3) is 0 Å². The molecule has 0 aliphatic heterocycles. The molecular formula is C14H25N3O2S. The molecule has 2 N–H and O–H groups in total. The van der Waals surface area contributed by atoms with Crippen LogP contribution in [-0.2, 0) is 16.6 Å². The van der Waals surface area contributed by atoms with Gasteiger partial charge >= 0.3 is 0 Å². The Hall–Kier alpha value is -0.850. The number of rotatable bonds is 7. The van der Waals surface area contributed by atoms with E-state index in [1.54, 1.807) is 12.3 Å². The fourth-order valence-electron chi connectivity index (χ4n) is 2.19. The van der Waals surface area contributed by atoms with Crippen molar-refractivity contribution in [2.75, 3.05) is 13.6 Å². The smallest absolute Gasteiger partial charge is 0.242 e. The number of hydrogen-bond donors (Lipinski definition) is 2. The lowest BCUT2D eigenvalue weighted by Crippen LogP contribution is -2.28. The average Bonchev–Trinajstić information content (AvgIpc) is 2.94. The van der Waals surface area contributed by atoms with Gasteiger partial charge in [-0.2, -0.15) is 0 Å². The minimum atomic E-state index is -3.41. The summed E-state index contributed by atoms with van der Waals surface area (Å²) in [6.45, 7) is 7.40. The van der Waals surface area contributed by atoms with Crippen molar-refractivity contribution in [2.45, 2.75) is 51.1 Å². The van der Waals surface area contributed by atoms with Gasteiger partial charge in [0.1, 0.15) is 0 Å². The zero-order chi connectivity index (χ0) is 15.0. The Morgan fingerprint density at radius 1 is 1.40 bits per heavy atom. The van der Waals surface area contributed by atoms with Crippen LogP contribution in [-0.4, -0.2) is 26.6 Å². The van der Waals surface area contributed by atoms with Gasteiger partial charge in [0, 0.05) is 31.0 Å². The van der Waals surface area contributed by atoms with E-state index in [1.165, 1.54) is 0 Å². The van der Waals surface area contributed by atoms with Crippen LogP contribution in [0.1, 0.15) is 45.3 Å². The van der Waals surface area contributed by atoms with Crippen LogP contribution in [0.15, 0.2) is 17.2 Å². The lowest BCUT2D eigenvalue weighted by Gasteiger charge is -2.12. The third kappa shape index (κ3) is 3.42. The summed E-state index contributed by atoms with van der Waals surface area (Å²) >= 11 is 0. The summed E-state index contributed by atoms with van der Waals surface area (Å²) in [4.78, 5) is 0.362. The van der Waals surface area contributed by atoms with Gasteiger partial charge in [-0.05, 0) is 45.2 Å². The summed E-state index contributed by atoms with van der Waals surface area (Å²) in [5.41, 5.74) is 1.15. The maximum atomic E-state index is 12.4. The predicted molar refractivity (Wildman–Crippen MR) is 80.1 cm³/mol. The van der Waals surface area contributed by atoms with E-state index >= 15 is 0 Å². The van der Waals surface area contributed by atoms with E-state index in [1.807, 2.05) is 25.5 Å². The number of sulfonamides is 1. The molecular weight excluding hydrogens is 274 g/mol. The van der Waals surface area contributed by atoms with Gasteiger partial charge in [-0.15, -0.1) is 0 Å². The van der Waals surface area contributed by atoms with Crippen molar-refractivity contribution in [3.8, 4) is 0 Å². The van der Waals surface area contributed by atoms with Gasteiger partial charge in [-0.3, -0.25) is 0 Å². The molecule has 0 spiro atoms. The minimum Gasteiger partial charge on any atom is -0.346 e. The molecule has 1 aromatic rings. The first-order valence-electron chi connectivity index (χ1n) is 7.12. The van der Waals surface area contributed by atoms with E-state index in [0.29, 0.717) is 18.0 Å². The van der Waals surface area contributed by atoms with Gasteiger partial charge in [0.05, 0.1) is 4.90 Å². The summed E-state index contributed by atoms with van der Waals surface area (Å²) in [5, 5.41) is 3.07. The monoisotopic (exact) mass is 299 g/mol. The Labute approximate surface area is 121 Å². The third-order valence-electron chi connectivity index (χ3n) is 3.92. The predicted octanol–water partition coefficient (Wildman–Crippen LogP) is 1.87. The highest BCUT2D eigenvalue weighted by molar-refractivity contribution is 7.89. The quantitative estimate of drug-likeness (QED) is 0.808. The van der Waals surface area contributed by atoms with Crippen molar-refractivity contribution in [3.63, 3.8) is 0 Å². The van der Waals surface area contributed by atoms with Crippen molar-refractivity contribution >= 4 is 10.0 Å². The average molecular weight is 299 g/mol. The van der Waals surface area contributed by atoms with Crippen molar-refractivity contribution in [1.82, 2.24) is 14.6 Å². The molecule has 6 heteroatoms. The molecule has 5 nitrogen and oxygen atoms in total. The fraction of sp³-hybridized carbons (Fsp3) is 0.714. The molecule has 1 aliphatic carbocycles.